The van der Waals surface area contributed by atoms with E-state index in [2.05, 4.69) is 0 Å². The van der Waals surface area contributed by atoms with Crippen LogP contribution in [-0.2, 0) is 10.3 Å². The highest BCUT2D eigenvalue weighted by atomic mass is 16.7. The quantitative estimate of drug-likeness (QED) is 0.832. The second kappa shape index (κ2) is 6.77. The molecule has 2 atom stereocenters. The number of benzene rings is 1. The normalized spacial score (nSPS) is 22.9. The van der Waals surface area contributed by atoms with Crippen molar-refractivity contribution in [2.45, 2.75) is 19.4 Å². The van der Waals surface area contributed by atoms with Crippen LogP contribution in [0.25, 0.3) is 0 Å². The molecule has 0 amide bonds. The molecule has 0 saturated carbocycles. The fourth-order valence-corrected chi connectivity index (χ4v) is 2.98. The summed E-state index contributed by atoms with van der Waals surface area (Å²) in [4.78, 5) is 11.4. The largest absolute Gasteiger partial charge is 0.507 e. The van der Waals surface area contributed by atoms with E-state index in [-0.39, 0.29) is 11.8 Å². The maximum absolute atomic E-state index is 11.4. The van der Waals surface area contributed by atoms with Crippen LogP contribution in [0, 0.1) is 11.8 Å². The lowest BCUT2D eigenvalue weighted by atomic mass is 9.73. The Morgan fingerprint density at radius 3 is 2.22 bits per heavy atom. The average molecular weight is 318 g/mol. The number of ether oxygens (including phenoxy) is 3. The molecule has 0 spiro atoms. The van der Waals surface area contributed by atoms with Crippen molar-refractivity contribution in [1.82, 2.24) is 0 Å². The fourth-order valence-electron chi connectivity index (χ4n) is 2.98. The van der Waals surface area contributed by atoms with Gasteiger partial charge in [-0.25, -0.2) is 4.79 Å². The number of rotatable bonds is 5. The van der Waals surface area contributed by atoms with Crippen LogP contribution in [-0.4, -0.2) is 25.5 Å². The summed E-state index contributed by atoms with van der Waals surface area (Å²) in [5.41, 5.74) is -0.438. The van der Waals surface area contributed by atoms with Gasteiger partial charge in [0.25, 0.3) is 0 Å². The second-order valence-electron chi connectivity index (χ2n) is 5.78. The smallest absolute Gasteiger partial charge is 0.497 e. The summed E-state index contributed by atoms with van der Waals surface area (Å²) < 4.78 is 16.0. The minimum Gasteiger partial charge on any atom is -0.497 e. The zero-order chi connectivity index (χ0) is 17.0. The standard InChI is InChI=1S/C18H22O5/c1-12(2)16-7-5-6-8-18(16,23-17(19)20)13-9-14(21-3)11-15(10-13)22-4/h5-12,16H,1-4H3,(H,19,20)/t16-,18+/m0/s1. The number of methoxy groups -OCH3 is 2. The third-order valence-electron chi connectivity index (χ3n) is 4.05. The Labute approximate surface area is 136 Å². The SMILES string of the molecule is COc1cc(OC)cc([C@]2(OC(=O)O)C=CC=C[C@H]2C(C)C)c1. The lowest BCUT2D eigenvalue weighted by Crippen LogP contribution is -2.40. The predicted octanol–water partition coefficient (Wildman–Crippen LogP) is 3.99. The van der Waals surface area contributed by atoms with Crippen molar-refractivity contribution >= 4 is 6.16 Å². The Morgan fingerprint density at radius 1 is 1.13 bits per heavy atom. The molecule has 0 aliphatic heterocycles. The Bertz CT molecular complexity index is 610. The van der Waals surface area contributed by atoms with E-state index in [1.165, 1.54) is 0 Å². The van der Waals surface area contributed by atoms with Crippen LogP contribution >= 0.6 is 0 Å². The van der Waals surface area contributed by atoms with Gasteiger partial charge >= 0.3 is 6.16 Å². The molecule has 1 aliphatic rings. The molecular formula is C18H22O5. The van der Waals surface area contributed by atoms with Gasteiger partial charge in [-0.05, 0) is 24.1 Å². The summed E-state index contributed by atoms with van der Waals surface area (Å²) in [6.07, 6.45) is 6.14. The first kappa shape index (κ1) is 16.9. The minimum absolute atomic E-state index is 0.139. The third kappa shape index (κ3) is 3.33. The second-order valence-corrected chi connectivity index (χ2v) is 5.78. The third-order valence-corrected chi connectivity index (χ3v) is 4.05. The molecule has 0 bridgehead atoms. The van der Waals surface area contributed by atoms with Gasteiger partial charge in [-0.15, -0.1) is 0 Å². The van der Waals surface area contributed by atoms with Gasteiger partial charge in [-0.1, -0.05) is 32.1 Å². The lowest BCUT2D eigenvalue weighted by molar-refractivity contribution is -0.0288. The van der Waals surface area contributed by atoms with Crippen LogP contribution in [0.2, 0.25) is 0 Å². The van der Waals surface area contributed by atoms with Gasteiger partial charge in [0, 0.05) is 17.5 Å². The summed E-state index contributed by atoms with van der Waals surface area (Å²) in [6, 6.07) is 5.30. The first-order chi connectivity index (χ1) is 10.9. The lowest BCUT2D eigenvalue weighted by Gasteiger charge is -2.39. The topological polar surface area (TPSA) is 65.0 Å². The molecule has 2 rings (SSSR count). The molecule has 5 heteroatoms. The summed E-state index contributed by atoms with van der Waals surface area (Å²) in [5.74, 6) is 1.20. The van der Waals surface area contributed by atoms with E-state index in [4.69, 9.17) is 14.2 Å². The van der Waals surface area contributed by atoms with Crippen LogP contribution in [0.3, 0.4) is 0 Å². The zero-order valence-corrected chi connectivity index (χ0v) is 13.8. The van der Waals surface area contributed by atoms with Crippen molar-refractivity contribution in [1.29, 1.82) is 0 Å². The number of hydrogen-bond donors (Lipinski definition) is 1. The van der Waals surface area contributed by atoms with E-state index in [1.54, 1.807) is 44.6 Å². The Hall–Kier alpha value is -2.43. The van der Waals surface area contributed by atoms with Gasteiger partial charge < -0.3 is 19.3 Å². The van der Waals surface area contributed by atoms with Crippen LogP contribution in [0.5, 0.6) is 11.5 Å². The van der Waals surface area contributed by atoms with Crippen molar-refractivity contribution < 1.29 is 24.1 Å². The highest BCUT2D eigenvalue weighted by Gasteiger charge is 2.44. The monoisotopic (exact) mass is 318 g/mol. The molecule has 0 saturated heterocycles. The molecule has 1 aromatic carbocycles. The molecular weight excluding hydrogens is 296 g/mol. The Kier molecular flexibility index (Phi) is 4.98. The molecule has 0 aromatic heterocycles. The number of carbonyl (C=O) groups is 1. The van der Waals surface area contributed by atoms with Crippen LogP contribution in [0.1, 0.15) is 19.4 Å². The summed E-state index contributed by atoms with van der Waals surface area (Å²) in [5, 5.41) is 9.30. The van der Waals surface area contributed by atoms with Crippen molar-refractivity contribution in [3.63, 3.8) is 0 Å². The first-order valence-electron chi connectivity index (χ1n) is 7.44. The number of carboxylic acid groups (broad SMARTS) is 1. The molecule has 0 unspecified atom stereocenters. The summed E-state index contributed by atoms with van der Waals surface area (Å²) in [7, 11) is 3.11. The van der Waals surface area contributed by atoms with Crippen LogP contribution in [0.4, 0.5) is 4.79 Å². The maximum atomic E-state index is 11.4. The Morgan fingerprint density at radius 2 is 1.74 bits per heavy atom. The van der Waals surface area contributed by atoms with Gasteiger partial charge in [0.05, 0.1) is 14.2 Å². The van der Waals surface area contributed by atoms with E-state index in [0.29, 0.717) is 17.1 Å². The van der Waals surface area contributed by atoms with Gasteiger partial charge in [-0.3, -0.25) is 0 Å². The molecule has 23 heavy (non-hydrogen) atoms. The molecule has 0 radical (unpaired) electrons. The molecule has 1 aliphatic carbocycles. The van der Waals surface area contributed by atoms with Gasteiger partial charge in [0.15, 0.2) is 5.60 Å². The molecule has 1 N–H and O–H groups in total. The number of hydrogen-bond acceptors (Lipinski definition) is 4. The molecule has 1 aromatic rings. The van der Waals surface area contributed by atoms with Crippen molar-refractivity contribution in [3.05, 3.63) is 48.1 Å². The van der Waals surface area contributed by atoms with Gasteiger partial charge in [-0.2, -0.15) is 0 Å². The zero-order valence-electron chi connectivity index (χ0n) is 13.8. The van der Waals surface area contributed by atoms with Gasteiger partial charge in [0.2, 0.25) is 0 Å². The summed E-state index contributed by atoms with van der Waals surface area (Å²) in [6.45, 7) is 4.07. The molecule has 124 valence electrons. The average Bonchev–Trinajstić information content (AvgIpc) is 2.53. The van der Waals surface area contributed by atoms with Crippen LogP contribution < -0.4 is 9.47 Å². The molecule has 5 nitrogen and oxygen atoms in total. The highest BCUT2D eigenvalue weighted by Crippen LogP contribution is 2.44. The van der Waals surface area contributed by atoms with Crippen molar-refractivity contribution in [2.75, 3.05) is 14.2 Å². The minimum atomic E-state index is -1.32. The maximum Gasteiger partial charge on any atom is 0.507 e. The van der Waals surface area contributed by atoms with E-state index in [9.17, 15) is 9.90 Å². The Balaban J connectivity index is 2.65. The first-order valence-corrected chi connectivity index (χ1v) is 7.44. The molecule has 0 heterocycles. The van der Waals surface area contributed by atoms with E-state index < -0.39 is 11.8 Å². The van der Waals surface area contributed by atoms with Crippen LogP contribution in [0.15, 0.2) is 42.5 Å². The highest BCUT2D eigenvalue weighted by molar-refractivity contribution is 5.60. The number of allylic oxidation sites excluding steroid dienone is 2. The van der Waals surface area contributed by atoms with E-state index in [1.807, 2.05) is 26.0 Å². The molecule has 0 fully saturated rings. The van der Waals surface area contributed by atoms with E-state index >= 15 is 0 Å². The predicted molar refractivity (Wildman–Crippen MR) is 86.9 cm³/mol. The van der Waals surface area contributed by atoms with Crippen molar-refractivity contribution in [2.24, 2.45) is 11.8 Å². The summed E-state index contributed by atoms with van der Waals surface area (Å²) >= 11 is 0. The fraction of sp³-hybridized carbons (Fsp3) is 0.389. The van der Waals surface area contributed by atoms with E-state index in [0.717, 1.165) is 0 Å². The van der Waals surface area contributed by atoms with Gasteiger partial charge in [0.1, 0.15) is 11.5 Å². The van der Waals surface area contributed by atoms with Crippen molar-refractivity contribution in [3.8, 4) is 11.5 Å².